The first-order chi connectivity index (χ1) is 15.2. The molecule has 2 N–H and O–H groups in total. The Hall–Kier alpha value is -3.72. The van der Waals surface area contributed by atoms with Gasteiger partial charge < -0.3 is 14.9 Å². The number of phenols is 1. The van der Waals surface area contributed by atoms with Gasteiger partial charge in [-0.25, -0.2) is 4.98 Å². The van der Waals surface area contributed by atoms with Crippen LogP contribution in [0.2, 0.25) is 5.02 Å². The van der Waals surface area contributed by atoms with Gasteiger partial charge in [-0.1, -0.05) is 23.7 Å². The lowest BCUT2D eigenvalue weighted by molar-refractivity contribution is -0.117. The minimum Gasteiger partial charge on any atom is -0.506 e. The number of carbonyl (C=O) groups excluding carboxylic acids is 3. The summed E-state index contributed by atoms with van der Waals surface area (Å²) in [5.74, 6) is -0.947. The third-order valence-corrected chi connectivity index (χ3v) is 4.93. The maximum Gasteiger partial charge on any atom is 0.253 e. The number of anilines is 1. The Kier molecular flexibility index (Phi) is 6.89. The number of aromatic nitrogens is 3. The minimum absolute atomic E-state index is 0.0682. The predicted molar refractivity (Wildman–Crippen MR) is 119 cm³/mol. The molecule has 0 fully saturated rings. The van der Waals surface area contributed by atoms with Gasteiger partial charge in [-0.3, -0.25) is 19.5 Å². The number of ketones is 1. The Morgan fingerprint density at radius 2 is 1.88 bits per heavy atom. The highest BCUT2D eigenvalue weighted by atomic mass is 35.5. The van der Waals surface area contributed by atoms with Crippen molar-refractivity contribution >= 4 is 34.9 Å². The predicted octanol–water partition coefficient (Wildman–Crippen LogP) is 2.98. The number of Topliss-reactive ketones (excluding diaryl/α,β-unsaturated/α-hetero) is 1. The molecule has 2 aromatic carbocycles. The number of aromatic hydroxyl groups is 1. The minimum atomic E-state index is -0.534. The van der Waals surface area contributed by atoms with Gasteiger partial charge in [0.1, 0.15) is 11.6 Å². The van der Waals surface area contributed by atoms with Gasteiger partial charge in [0.25, 0.3) is 5.91 Å². The summed E-state index contributed by atoms with van der Waals surface area (Å²) in [6.45, 7) is 1.72. The largest absolute Gasteiger partial charge is 0.506 e. The van der Waals surface area contributed by atoms with Crippen molar-refractivity contribution in [3.8, 4) is 5.75 Å². The fourth-order valence-electron chi connectivity index (χ4n) is 3.00. The molecule has 166 valence electrons. The first-order valence-corrected chi connectivity index (χ1v) is 10.0. The third kappa shape index (κ3) is 5.30. The summed E-state index contributed by atoms with van der Waals surface area (Å²) < 4.78 is 0. The molecule has 32 heavy (non-hydrogen) atoms. The molecule has 9 nitrogen and oxygen atoms in total. The number of rotatable bonds is 7. The Balaban J connectivity index is 1.94. The number of nitrogens with one attached hydrogen (secondary N) is 1. The van der Waals surface area contributed by atoms with Crippen molar-refractivity contribution in [3.63, 3.8) is 0 Å². The van der Waals surface area contributed by atoms with Crippen LogP contribution in [-0.4, -0.2) is 56.9 Å². The second-order valence-electron chi connectivity index (χ2n) is 7.36. The van der Waals surface area contributed by atoms with Crippen LogP contribution in [0.1, 0.15) is 38.8 Å². The monoisotopic (exact) mass is 455 g/mol. The first kappa shape index (κ1) is 23.0. The molecule has 1 aromatic heterocycles. The maximum absolute atomic E-state index is 13.2. The molecular weight excluding hydrogens is 434 g/mol. The quantitative estimate of drug-likeness (QED) is 0.417. The second-order valence-corrected chi connectivity index (χ2v) is 7.77. The molecule has 0 saturated carbocycles. The van der Waals surface area contributed by atoms with E-state index in [2.05, 4.69) is 15.2 Å². The molecule has 3 aromatic rings. The van der Waals surface area contributed by atoms with Crippen molar-refractivity contribution in [1.82, 2.24) is 20.1 Å². The van der Waals surface area contributed by atoms with E-state index in [-0.39, 0.29) is 29.0 Å². The van der Waals surface area contributed by atoms with Gasteiger partial charge >= 0.3 is 0 Å². The molecule has 3 rings (SSSR count). The summed E-state index contributed by atoms with van der Waals surface area (Å²) in [4.78, 5) is 44.9. The Morgan fingerprint density at radius 1 is 1.12 bits per heavy atom. The Labute approximate surface area is 189 Å². The summed E-state index contributed by atoms with van der Waals surface area (Å²) in [5, 5.41) is 16.2. The van der Waals surface area contributed by atoms with Gasteiger partial charge in [-0.05, 0) is 42.8 Å². The molecule has 0 atom stereocenters. The molecule has 2 amide bonds. The van der Waals surface area contributed by atoms with Gasteiger partial charge in [-0.15, -0.1) is 0 Å². The number of carbonyl (C=O) groups is 3. The third-order valence-electron chi connectivity index (χ3n) is 4.62. The number of aryl methyl sites for hydroxylation is 1. The summed E-state index contributed by atoms with van der Waals surface area (Å²) in [6, 6.07) is 11.2. The topological polar surface area (TPSA) is 119 Å². The fourth-order valence-corrected chi connectivity index (χ4v) is 3.20. The van der Waals surface area contributed by atoms with Crippen molar-refractivity contribution in [2.24, 2.45) is 0 Å². The van der Waals surface area contributed by atoms with Crippen molar-refractivity contribution < 1.29 is 19.5 Å². The number of nitrogens with zero attached hydrogens (tertiary/aromatic N) is 4. The van der Waals surface area contributed by atoms with Crippen LogP contribution in [-0.2, 0) is 11.3 Å². The second kappa shape index (κ2) is 9.61. The zero-order valence-electron chi connectivity index (χ0n) is 17.8. The van der Waals surface area contributed by atoms with E-state index in [0.29, 0.717) is 22.6 Å². The number of benzene rings is 2. The number of amides is 2. The molecule has 10 heteroatoms. The standard InChI is InChI=1S/C22H22ClN5O4/c1-13-24-21(26-25-13)19(30)11-20(31)28(12-14-7-8-18(29)17(23)9-14)16-6-4-5-15(10-16)22(32)27(2)3/h4-10,29H,11-12H2,1-3H3,(H,24,25,26). The van der Waals surface area contributed by atoms with Crippen LogP contribution in [0.3, 0.4) is 0 Å². The van der Waals surface area contributed by atoms with Gasteiger partial charge in [0, 0.05) is 25.3 Å². The molecule has 0 bridgehead atoms. The fraction of sp³-hybridized carbons (Fsp3) is 0.227. The van der Waals surface area contributed by atoms with Crippen LogP contribution in [0.15, 0.2) is 42.5 Å². The number of halogens is 1. The summed E-state index contributed by atoms with van der Waals surface area (Å²) in [7, 11) is 3.27. The van der Waals surface area contributed by atoms with Gasteiger partial charge in [0.15, 0.2) is 0 Å². The van der Waals surface area contributed by atoms with Crippen LogP contribution in [0.5, 0.6) is 5.75 Å². The van der Waals surface area contributed by atoms with Crippen LogP contribution >= 0.6 is 11.6 Å². The lowest BCUT2D eigenvalue weighted by Gasteiger charge is -2.24. The zero-order valence-corrected chi connectivity index (χ0v) is 18.6. The van der Waals surface area contributed by atoms with Gasteiger partial charge in [0.05, 0.1) is 18.0 Å². The van der Waals surface area contributed by atoms with Gasteiger partial charge in [0.2, 0.25) is 17.5 Å². The van der Waals surface area contributed by atoms with E-state index in [4.69, 9.17) is 11.6 Å². The van der Waals surface area contributed by atoms with E-state index < -0.39 is 18.1 Å². The van der Waals surface area contributed by atoms with Crippen molar-refractivity contribution in [2.45, 2.75) is 19.9 Å². The molecule has 0 aliphatic carbocycles. The number of hydrogen-bond acceptors (Lipinski definition) is 6. The molecule has 0 unspecified atom stereocenters. The van der Waals surface area contributed by atoms with E-state index in [1.54, 1.807) is 51.4 Å². The van der Waals surface area contributed by atoms with Crippen molar-refractivity contribution in [1.29, 1.82) is 0 Å². The van der Waals surface area contributed by atoms with Crippen molar-refractivity contribution in [2.75, 3.05) is 19.0 Å². The maximum atomic E-state index is 13.2. The van der Waals surface area contributed by atoms with E-state index in [9.17, 15) is 19.5 Å². The highest BCUT2D eigenvalue weighted by molar-refractivity contribution is 6.32. The Morgan fingerprint density at radius 3 is 2.50 bits per heavy atom. The first-order valence-electron chi connectivity index (χ1n) is 9.67. The summed E-state index contributed by atoms with van der Waals surface area (Å²) in [5.41, 5.74) is 1.46. The highest BCUT2D eigenvalue weighted by Gasteiger charge is 2.23. The van der Waals surface area contributed by atoms with Crippen LogP contribution in [0, 0.1) is 6.92 Å². The van der Waals surface area contributed by atoms with Gasteiger partial charge in [-0.2, -0.15) is 5.10 Å². The van der Waals surface area contributed by atoms with E-state index in [0.717, 1.165) is 0 Å². The summed E-state index contributed by atoms with van der Waals surface area (Å²) in [6.07, 6.45) is -0.463. The Bertz CT molecular complexity index is 1170. The molecule has 0 spiro atoms. The molecule has 1 heterocycles. The lowest BCUT2D eigenvalue weighted by Crippen LogP contribution is -2.32. The smallest absolute Gasteiger partial charge is 0.253 e. The van der Waals surface area contributed by atoms with Crippen LogP contribution < -0.4 is 4.90 Å². The van der Waals surface area contributed by atoms with E-state index in [1.165, 1.54) is 21.9 Å². The molecule has 0 radical (unpaired) electrons. The summed E-state index contributed by atoms with van der Waals surface area (Å²) >= 11 is 6.01. The SMILES string of the molecule is Cc1nc(C(=O)CC(=O)N(Cc2ccc(O)c(Cl)c2)c2cccc(C(=O)N(C)C)c2)n[nH]1. The highest BCUT2D eigenvalue weighted by Crippen LogP contribution is 2.26. The normalized spacial score (nSPS) is 10.6. The van der Waals surface area contributed by atoms with Crippen molar-refractivity contribution in [3.05, 3.63) is 70.3 Å². The molecule has 0 saturated heterocycles. The van der Waals surface area contributed by atoms with Crippen LogP contribution in [0.4, 0.5) is 5.69 Å². The average Bonchev–Trinajstić information content (AvgIpc) is 3.20. The number of H-pyrrole nitrogens is 1. The average molecular weight is 456 g/mol. The number of aromatic amines is 1. The van der Waals surface area contributed by atoms with Crippen LogP contribution in [0.25, 0.3) is 0 Å². The molecular formula is C22H22ClN5O4. The lowest BCUT2D eigenvalue weighted by atomic mass is 10.1. The van der Waals surface area contributed by atoms with E-state index >= 15 is 0 Å². The van der Waals surface area contributed by atoms with E-state index in [1.807, 2.05) is 0 Å². The number of hydrogen-bond donors (Lipinski definition) is 2. The zero-order chi connectivity index (χ0) is 23.4. The molecule has 0 aliphatic rings. The molecule has 0 aliphatic heterocycles. The number of phenolic OH excluding ortho intramolecular Hbond substituents is 1.